The van der Waals surface area contributed by atoms with Gasteiger partial charge >= 0.3 is 0 Å². The number of amides is 2. The summed E-state index contributed by atoms with van der Waals surface area (Å²) in [6.45, 7) is 6.26. The van der Waals surface area contributed by atoms with Gasteiger partial charge in [0.05, 0.1) is 5.75 Å². The molecular weight excluding hydrogens is 428 g/mol. The Kier molecular flexibility index (Phi) is 7.19. The number of para-hydroxylation sites is 1. The van der Waals surface area contributed by atoms with Crippen LogP contribution in [0.3, 0.4) is 0 Å². The van der Waals surface area contributed by atoms with E-state index in [1.807, 2.05) is 72.5 Å². The van der Waals surface area contributed by atoms with Crippen LogP contribution in [0.15, 0.2) is 66.7 Å². The Morgan fingerprint density at radius 1 is 1.06 bits per heavy atom. The largest absolute Gasteiger partial charge is 0.322 e. The van der Waals surface area contributed by atoms with Crippen molar-refractivity contribution in [1.82, 2.24) is 0 Å². The molecule has 2 amide bonds. The van der Waals surface area contributed by atoms with Crippen LogP contribution in [-0.2, 0) is 11.2 Å². The van der Waals surface area contributed by atoms with Crippen molar-refractivity contribution in [2.75, 3.05) is 16.0 Å². The molecule has 0 unspecified atom stereocenters. The first-order valence-electron chi connectivity index (χ1n) is 11.5. The summed E-state index contributed by atoms with van der Waals surface area (Å²) in [7, 11) is 0. The molecule has 5 heteroatoms. The molecule has 3 aromatic carbocycles. The molecule has 4 rings (SSSR count). The summed E-state index contributed by atoms with van der Waals surface area (Å²) in [5, 5.41) is 2.90. The summed E-state index contributed by atoms with van der Waals surface area (Å²) in [5.41, 5.74) is 6.70. The second-order valence-corrected chi connectivity index (χ2v) is 9.63. The minimum absolute atomic E-state index is 0.0840. The summed E-state index contributed by atoms with van der Waals surface area (Å²) < 4.78 is 0. The van der Waals surface area contributed by atoms with Gasteiger partial charge in [0, 0.05) is 22.5 Å². The molecule has 0 spiro atoms. The molecule has 0 bridgehead atoms. The number of thioether (sulfide) groups is 1. The maximum Gasteiger partial charge on any atom is 0.255 e. The Balaban J connectivity index is 1.59. The Bertz CT molecular complexity index is 1160. The van der Waals surface area contributed by atoms with Crippen molar-refractivity contribution in [2.45, 2.75) is 45.4 Å². The van der Waals surface area contributed by atoms with Gasteiger partial charge < -0.3 is 5.32 Å². The monoisotopic (exact) mass is 458 g/mol. The van der Waals surface area contributed by atoms with Crippen molar-refractivity contribution in [3.8, 4) is 0 Å². The van der Waals surface area contributed by atoms with Crippen LogP contribution < -0.4 is 10.2 Å². The smallest absolute Gasteiger partial charge is 0.255 e. The molecule has 170 valence electrons. The van der Waals surface area contributed by atoms with E-state index in [9.17, 15) is 9.59 Å². The second-order valence-electron chi connectivity index (χ2n) is 8.56. The van der Waals surface area contributed by atoms with E-state index in [0.717, 1.165) is 41.8 Å². The molecule has 1 saturated heterocycles. The average molecular weight is 459 g/mol. The summed E-state index contributed by atoms with van der Waals surface area (Å²) in [5.74, 6) is 0.358. The van der Waals surface area contributed by atoms with E-state index < -0.39 is 0 Å². The van der Waals surface area contributed by atoms with Gasteiger partial charge in [-0.1, -0.05) is 61.4 Å². The molecule has 1 fully saturated rings. The van der Waals surface area contributed by atoms with Crippen molar-refractivity contribution in [1.29, 1.82) is 0 Å². The number of nitrogens with one attached hydrogen (secondary N) is 1. The van der Waals surface area contributed by atoms with E-state index in [-0.39, 0.29) is 17.2 Å². The Hall–Kier alpha value is -3.05. The second kappa shape index (κ2) is 10.3. The van der Waals surface area contributed by atoms with Gasteiger partial charge in [-0.2, -0.15) is 0 Å². The Morgan fingerprint density at radius 2 is 1.82 bits per heavy atom. The first-order valence-corrected chi connectivity index (χ1v) is 12.5. The first kappa shape index (κ1) is 23.1. The molecule has 0 saturated carbocycles. The number of aryl methyl sites for hydroxylation is 3. The first-order chi connectivity index (χ1) is 16.0. The van der Waals surface area contributed by atoms with Gasteiger partial charge in [0.25, 0.3) is 5.91 Å². The average Bonchev–Trinajstić information content (AvgIpc) is 3.19. The standard InChI is InChI=1S/C28H30N2O2S/c1-4-5-8-21-12-14-22(15-13-21)27(32)29-24-10-7-6-9-23(24)28-30(26(31)18-33-28)25-16-11-19(2)17-20(25)3/h6-7,9-17,28H,4-5,8,18H2,1-3H3,(H,29,32)/t28-/m1/s1. The third-order valence-corrected chi connectivity index (χ3v) is 7.18. The fourth-order valence-corrected chi connectivity index (χ4v) is 5.42. The minimum Gasteiger partial charge on any atom is -0.322 e. The number of hydrogen-bond donors (Lipinski definition) is 1. The van der Waals surface area contributed by atoms with Gasteiger partial charge in [0.2, 0.25) is 5.91 Å². The zero-order valence-electron chi connectivity index (χ0n) is 19.4. The lowest BCUT2D eigenvalue weighted by atomic mass is 10.1. The molecule has 4 nitrogen and oxygen atoms in total. The molecule has 33 heavy (non-hydrogen) atoms. The van der Waals surface area contributed by atoms with Crippen LogP contribution in [0.4, 0.5) is 11.4 Å². The van der Waals surface area contributed by atoms with Gasteiger partial charge in [-0.05, 0) is 62.1 Å². The number of carbonyl (C=O) groups is 2. The van der Waals surface area contributed by atoms with Crippen LogP contribution in [0.5, 0.6) is 0 Å². The zero-order chi connectivity index (χ0) is 23.4. The molecular formula is C28H30N2O2S. The van der Waals surface area contributed by atoms with E-state index >= 15 is 0 Å². The fourth-order valence-electron chi connectivity index (χ4n) is 4.21. The number of unbranched alkanes of at least 4 members (excludes halogenated alkanes) is 1. The third-order valence-electron chi connectivity index (χ3n) is 5.99. The van der Waals surface area contributed by atoms with Crippen molar-refractivity contribution in [3.05, 3.63) is 94.5 Å². The normalized spacial score (nSPS) is 15.7. The predicted molar refractivity (Wildman–Crippen MR) is 138 cm³/mol. The molecule has 0 aliphatic carbocycles. The molecule has 1 aliphatic heterocycles. The van der Waals surface area contributed by atoms with Crippen LogP contribution in [0.1, 0.15) is 57.8 Å². The van der Waals surface area contributed by atoms with Crippen LogP contribution in [0.25, 0.3) is 0 Å². The highest BCUT2D eigenvalue weighted by Crippen LogP contribution is 2.45. The van der Waals surface area contributed by atoms with E-state index in [1.54, 1.807) is 11.8 Å². The Labute approximate surface area is 200 Å². The van der Waals surface area contributed by atoms with Crippen molar-refractivity contribution >= 4 is 35.0 Å². The van der Waals surface area contributed by atoms with Crippen LogP contribution >= 0.6 is 11.8 Å². The lowest BCUT2D eigenvalue weighted by Gasteiger charge is -2.27. The van der Waals surface area contributed by atoms with E-state index in [1.165, 1.54) is 11.1 Å². The number of anilines is 2. The maximum atomic E-state index is 13.0. The molecule has 1 aliphatic rings. The van der Waals surface area contributed by atoms with Gasteiger partial charge in [-0.25, -0.2) is 0 Å². The molecule has 3 aromatic rings. The van der Waals surface area contributed by atoms with Crippen LogP contribution in [0, 0.1) is 13.8 Å². The van der Waals surface area contributed by atoms with Gasteiger partial charge in [-0.15, -0.1) is 11.8 Å². The van der Waals surface area contributed by atoms with E-state index in [0.29, 0.717) is 11.3 Å². The fraction of sp³-hybridized carbons (Fsp3) is 0.286. The lowest BCUT2D eigenvalue weighted by Crippen LogP contribution is -2.29. The van der Waals surface area contributed by atoms with Gasteiger partial charge in [0.1, 0.15) is 5.37 Å². The quantitative estimate of drug-likeness (QED) is 0.430. The summed E-state index contributed by atoms with van der Waals surface area (Å²) in [6.07, 6.45) is 3.33. The number of nitrogens with zero attached hydrogens (tertiary/aromatic N) is 1. The zero-order valence-corrected chi connectivity index (χ0v) is 20.2. The summed E-state index contributed by atoms with van der Waals surface area (Å²) in [6, 6.07) is 21.8. The Morgan fingerprint density at radius 3 is 2.55 bits per heavy atom. The highest BCUT2D eigenvalue weighted by molar-refractivity contribution is 8.00. The SMILES string of the molecule is CCCCc1ccc(C(=O)Nc2ccccc2[C@H]2SCC(=O)N2c2ccc(C)cc2C)cc1. The van der Waals surface area contributed by atoms with E-state index in [4.69, 9.17) is 0 Å². The number of rotatable bonds is 7. The van der Waals surface area contributed by atoms with Crippen LogP contribution in [-0.4, -0.2) is 17.6 Å². The number of carbonyl (C=O) groups excluding carboxylic acids is 2. The molecule has 1 heterocycles. The van der Waals surface area contributed by atoms with Crippen LogP contribution in [0.2, 0.25) is 0 Å². The predicted octanol–water partition coefficient (Wildman–Crippen LogP) is 6.68. The van der Waals surface area contributed by atoms with Gasteiger partial charge in [-0.3, -0.25) is 14.5 Å². The summed E-state index contributed by atoms with van der Waals surface area (Å²) in [4.78, 5) is 27.8. The van der Waals surface area contributed by atoms with E-state index in [2.05, 4.69) is 25.2 Å². The number of hydrogen-bond acceptors (Lipinski definition) is 3. The van der Waals surface area contributed by atoms with Gasteiger partial charge in [0.15, 0.2) is 0 Å². The van der Waals surface area contributed by atoms with Crippen molar-refractivity contribution < 1.29 is 9.59 Å². The highest BCUT2D eigenvalue weighted by atomic mass is 32.2. The minimum atomic E-state index is -0.188. The summed E-state index contributed by atoms with van der Waals surface area (Å²) >= 11 is 1.59. The maximum absolute atomic E-state index is 13.0. The lowest BCUT2D eigenvalue weighted by molar-refractivity contribution is -0.115. The third kappa shape index (κ3) is 5.14. The molecule has 0 aromatic heterocycles. The molecule has 1 N–H and O–H groups in total. The molecule has 0 radical (unpaired) electrons. The van der Waals surface area contributed by atoms with Crippen molar-refractivity contribution in [2.24, 2.45) is 0 Å². The topological polar surface area (TPSA) is 49.4 Å². The molecule has 1 atom stereocenters. The highest BCUT2D eigenvalue weighted by Gasteiger charge is 2.36. The van der Waals surface area contributed by atoms with Crippen molar-refractivity contribution in [3.63, 3.8) is 0 Å². The number of benzene rings is 3.